The minimum Gasteiger partial charge on any atom is -0.393 e. The Morgan fingerprint density at radius 2 is 2.33 bits per heavy atom. The summed E-state index contributed by atoms with van der Waals surface area (Å²) < 4.78 is 18.0. The molecule has 0 rings (SSSR count). The molecule has 54 valence electrons. The standard InChI is InChI=1S/C3H8NO4P/c1-2-3(5)7-9(6)8-4/h9H,2,4H2,1H3. The average Bonchev–Trinajstić information content (AvgIpc) is 1.87. The molecule has 0 amide bonds. The Bertz CT molecular complexity index is 111. The second-order valence-corrected chi connectivity index (χ2v) is 2.14. The van der Waals surface area contributed by atoms with Crippen LogP contribution >= 0.6 is 8.25 Å². The van der Waals surface area contributed by atoms with Gasteiger partial charge in [0.05, 0.1) is 0 Å². The third-order valence-corrected chi connectivity index (χ3v) is 1.17. The van der Waals surface area contributed by atoms with Gasteiger partial charge in [0.15, 0.2) is 0 Å². The molecule has 0 aliphatic carbocycles. The summed E-state index contributed by atoms with van der Waals surface area (Å²) in [5, 5.41) is 0. The van der Waals surface area contributed by atoms with Gasteiger partial charge in [-0.3, -0.25) is 4.79 Å². The minimum absolute atomic E-state index is 0.166. The highest BCUT2D eigenvalue weighted by molar-refractivity contribution is 7.33. The van der Waals surface area contributed by atoms with E-state index >= 15 is 0 Å². The quantitative estimate of drug-likeness (QED) is 0.463. The highest BCUT2D eigenvalue weighted by Crippen LogP contribution is 2.20. The maximum absolute atomic E-state index is 10.2. The van der Waals surface area contributed by atoms with Crippen LogP contribution in [0.1, 0.15) is 13.3 Å². The molecule has 0 aliphatic heterocycles. The Kier molecular flexibility index (Phi) is 4.30. The zero-order chi connectivity index (χ0) is 7.28. The lowest BCUT2D eigenvalue weighted by Crippen LogP contribution is -1.98. The molecule has 2 N–H and O–H groups in total. The summed E-state index contributed by atoms with van der Waals surface area (Å²) in [6.45, 7) is 1.58. The Labute approximate surface area is 53.0 Å². The maximum atomic E-state index is 10.2. The summed E-state index contributed by atoms with van der Waals surface area (Å²) in [7, 11) is -2.76. The molecule has 0 aromatic rings. The SMILES string of the molecule is CCC(=O)O[PH](=O)ON. The molecule has 5 nitrogen and oxygen atoms in total. The van der Waals surface area contributed by atoms with Gasteiger partial charge in [-0.15, -0.1) is 0 Å². The van der Waals surface area contributed by atoms with Crippen LogP contribution in [0.5, 0.6) is 0 Å². The summed E-state index contributed by atoms with van der Waals surface area (Å²) in [5.74, 6) is 3.85. The van der Waals surface area contributed by atoms with Gasteiger partial charge in [0.25, 0.3) is 0 Å². The van der Waals surface area contributed by atoms with Crippen LogP contribution in [0.4, 0.5) is 0 Å². The van der Waals surface area contributed by atoms with Gasteiger partial charge >= 0.3 is 14.2 Å². The number of hydrogen-bond donors (Lipinski definition) is 1. The van der Waals surface area contributed by atoms with Crippen molar-refractivity contribution in [3.05, 3.63) is 0 Å². The van der Waals surface area contributed by atoms with E-state index in [-0.39, 0.29) is 6.42 Å². The highest BCUT2D eigenvalue weighted by atomic mass is 31.1. The lowest BCUT2D eigenvalue weighted by molar-refractivity contribution is -0.134. The van der Waals surface area contributed by atoms with Gasteiger partial charge in [0, 0.05) is 6.42 Å². The molecular weight excluding hydrogens is 145 g/mol. The van der Waals surface area contributed by atoms with Crippen molar-refractivity contribution in [1.29, 1.82) is 0 Å². The van der Waals surface area contributed by atoms with Crippen LogP contribution in [0.2, 0.25) is 0 Å². The maximum Gasteiger partial charge on any atom is 0.386 e. The molecule has 0 spiro atoms. The van der Waals surface area contributed by atoms with Gasteiger partial charge in [-0.25, -0.2) is 15.1 Å². The van der Waals surface area contributed by atoms with Crippen molar-refractivity contribution in [3.8, 4) is 0 Å². The highest BCUT2D eigenvalue weighted by Gasteiger charge is 2.02. The molecule has 0 bridgehead atoms. The first-order valence-corrected chi connectivity index (χ1v) is 3.54. The minimum atomic E-state index is -2.76. The van der Waals surface area contributed by atoms with Crippen LogP contribution in [0, 0.1) is 0 Å². The first-order chi connectivity index (χ1) is 4.20. The number of carbonyl (C=O) groups is 1. The Hall–Kier alpha value is -0.380. The van der Waals surface area contributed by atoms with E-state index in [1.807, 2.05) is 0 Å². The van der Waals surface area contributed by atoms with Crippen molar-refractivity contribution in [2.24, 2.45) is 5.90 Å². The van der Waals surface area contributed by atoms with Crippen molar-refractivity contribution in [2.75, 3.05) is 0 Å². The van der Waals surface area contributed by atoms with E-state index in [4.69, 9.17) is 0 Å². The normalized spacial score (nSPS) is 12.7. The van der Waals surface area contributed by atoms with E-state index < -0.39 is 14.2 Å². The monoisotopic (exact) mass is 153 g/mol. The Balaban J connectivity index is 3.47. The molecule has 1 unspecified atom stereocenters. The summed E-state index contributed by atoms with van der Waals surface area (Å²) in [6.07, 6.45) is 0.166. The average molecular weight is 153 g/mol. The van der Waals surface area contributed by atoms with Crippen LogP contribution in [-0.2, 0) is 18.5 Å². The van der Waals surface area contributed by atoms with Gasteiger partial charge in [0.1, 0.15) is 0 Å². The third kappa shape index (κ3) is 4.14. The van der Waals surface area contributed by atoms with Crippen molar-refractivity contribution in [3.63, 3.8) is 0 Å². The topological polar surface area (TPSA) is 78.6 Å². The fourth-order valence-corrected chi connectivity index (χ4v) is 0.568. The molecule has 9 heavy (non-hydrogen) atoms. The fourth-order valence-electron chi connectivity index (χ4n) is 0.189. The smallest absolute Gasteiger partial charge is 0.386 e. The first kappa shape index (κ1) is 8.62. The Morgan fingerprint density at radius 3 is 2.67 bits per heavy atom. The van der Waals surface area contributed by atoms with Crippen LogP contribution in [-0.4, -0.2) is 5.97 Å². The number of rotatable bonds is 3. The largest absolute Gasteiger partial charge is 0.393 e. The third-order valence-electron chi connectivity index (χ3n) is 0.582. The van der Waals surface area contributed by atoms with Gasteiger partial charge in [-0.1, -0.05) is 6.92 Å². The van der Waals surface area contributed by atoms with Crippen LogP contribution < -0.4 is 5.90 Å². The van der Waals surface area contributed by atoms with Gasteiger partial charge < -0.3 is 4.52 Å². The molecule has 0 aromatic heterocycles. The molecule has 1 atom stereocenters. The summed E-state index contributed by atoms with van der Waals surface area (Å²) in [5.41, 5.74) is 0. The molecule has 6 heteroatoms. The molecule has 0 radical (unpaired) electrons. The van der Waals surface area contributed by atoms with E-state index in [0.717, 1.165) is 0 Å². The number of hydrogen-bond acceptors (Lipinski definition) is 5. The zero-order valence-corrected chi connectivity index (χ0v) is 5.92. The van der Waals surface area contributed by atoms with Crippen LogP contribution in [0.15, 0.2) is 0 Å². The molecule has 0 aliphatic rings. The van der Waals surface area contributed by atoms with E-state index in [1.54, 1.807) is 6.92 Å². The molecule has 0 aromatic carbocycles. The second-order valence-electron chi connectivity index (χ2n) is 1.20. The zero-order valence-electron chi connectivity index (χ0n) is 4.92. The molecule has 0 heterocycles. The first-order valence-electron chi connectivity index (χ1n) is 2.32. The van der Waals surface area contributed by atoms with Crippen LogP contribution in [0.3, 0.4) is 0 Å². The molecule has 0 fully saturated rings. The molecule has 0 saturated heterocycles. The van der Waals surface area contributed by atoms with Crippen LogP contribution in [0.25, 0.3) is 0 Å². The van der Waals surface area contributed by atoms with Crippen molar-refractivity contribution < 1.29 is 18.5 Å². The predicted octanol–water partition coefficient (Wildman–Crippen LogP) is 0.220. The van der Waals surface area contributed by atoms with Crippen molar-refractivity contribution >= 4 is 14.2 Å². The predicted molar refractivity (Wildman–Crippen MR) is 30.7 cm³/mol. The van der Waals surface area contributed by atoms with E-state index in [2.05, 4.69) is 15.0 Å². The van der Waals surface area contributed by atoms with Crippen molar-refractivity contribution in [2.45, 2.75) is 13.3 Å². The van der Waals surface area contributed by atoms with E-state index in [9.17, 15) is 9.36 Å². The van der Waals surface area contributed by atoms with E-state index in [0.29, 0.717) is 0 Å². The molecular formula is C3H8NO4P. The second kappa shape index (κ2) is 4.49. The summed E-state index contributed by atoms with van der Waals surface area (Å²) in [6, 6.07) is 0. The summed E-state index contributed by atoms with van der Waals surface area (Å²) in [4.78, 5) is 10.2. The lowest BCUT2D eigenvalue weighted by atomic mass is 10.5. The summed E-state index contributed by atoms with van der Waals surface area (Å²) >= 11 is 0. The van der Waals surface area contributed by atoms with E-state index in [1.165, 1.54) is 0 Å². The van der Waals surface area contributed by atoms with Gasteiger partial charge in [-0.2, -0.15) is 0 Å². The lowest BCUT2D eigenvalue weighted by Gasteiger charge is -1.97. The molecule has 0 saturated carbocycles. The van der Waals surface area contributed by atoms with Gasteiger partial charge in [0.2, 0.25) is 0 Å². The number of nitrogens with two attached hydrogens (primary N) is 1. The van der Waals surface area contributed by atoms with Crippen molar-refractivity contribution in [1.82, 2.24) is 0 Å². The Morgan fingerprint density at radius 1 is 1.78 bits per heavy atom. The van der Waals surface area contributed by atoms with Gasteiger partial charge in [-0.05, 0) is 0 Å². The fraction of sp³-hybridized carbons (Fsp3) is 0.667. The number of carbonyl (C=O) groups excluding carboxylic acids is 1.